The Kier molecular flexibility index (Phi) is 4.22. The molecule has 0 bridgehead atoms. The minimum absolute atomic E-state index is 0.0201. The van der Waals surface area contributed by atoms with Gasteiger partial charge in [0.2, 0.25) is 11.8 Å². The van der Waals surface area contributed by atoms with Crippen LogP contribution in [0.2, 0.25) is 0 Å². The summed E-state index contributed by atoms with van der Waals surface area (Å²) in [5.41, 5.74) is -1.21. The number of barbiturate groups is 1. The standard InChI is InChI=1S/C11H18N2O4/c1-3-11(7(2)5-4-6-14)8(15)12-10(17)13-9(11)16/h7,14H,3-6H2,1-2H3,(H2,12,13,15,16,17). The van der Waals surface area contributed by atoms with Crippen LogP contribution in [0.3, 0.4) is 0 Å². The Hall–Kier alpha value is -1.43. The van der Waals surface area contributed by atoms with Gasteiger partial charge in [-0.1, -0.05) is 13.8 Å². The lowest BCUT2D eigenvalue weighted by Crippen LogP contribution is -2.64. The largest absolute Gasteiger partial charge is 0.396 e. The molecule has 1 rings (SSSR count). The van der Waals surface area contributed by atoms with Crippen LogP contribution >= 0.6 is 0 Å². The van der Waals surface area contributed by atoms with Crippen LogP contribution in [0.25, 0.3) is 0 Å². The molecule has 0 aromatic rings. The quantitative estimate of drug-likeness (QED) is 0.598. The van der Waals surface area contributed by atoms with Crippen molar-refractivity contribution in [2.24, 2.45) is 11.3 Å². The van der Waals surface area contributed by atoms with Gasteiger partial charge in [0.1, 0.15) is 5.41 Å². The van der Waals surface area contributed by atoms with Crippen molar-refractivity contribution in [1.29, 1.82) is 0 Å². The fourth-order valence-electron chi connectivity index (χ4n) is 2.32. The molecule has 1 heterocycles. The van der Waals surface area contributed by atoms with E-state index in [0.29, 0.717) is 19.3 Å². The summed E-state index contributed by atoms with van der Waals surface area (Å²) in [5, 5.41) is 13.1. The van der Waals surface area contributed by atoms with Crippen LogP contribution in [0.4, 0.5) is 4.79 Å². The number of hydrogen-bond donors (Lipinski definition) is 3. The number of rotatable bonds is 5. The minimum Gasteiger partial charge on any atom is -0.396 e. The van der Waals surface area contributed by atoms with Crippen LogP contribution in [-0.2, 0) is 9.59 Å². The van der Waals surface area contributed by atoms with Crippen molar-refractivity contribution in [3.05, 3.63) is 0 Å². The van der Waals surface area contributed by atoms with Gasteiger partial charge in [-0.05, 0) is 25.2 Å². The molecule has 0 aromatic carbocycles. The van der Waals surface area contributed by atoms with E-state index < -0.39 is 23.3 Å². The van der Waals surface area contributed by atoms with Crippen molar-refractivity contribution < 1.29 is 19.5 Å². The molecule has 1 saturated heterocycles. The fraction of sp³-hybridized carbons (Fsp3) is 0.727. The van der Waals surface area contributed by atoms with Gasteiger partial charge in [-0.3, -0.25) is 20.2 Å². The first-order chi connectivity index (χ1) is 7.98. The Morgan fingerprint density at radius 3 is 2.18 bits per heavy atom. The molecule has 0 aromatic heterocycles. The average Bonchev–Trinajstić information content (AvgIpc) is 2.26. The van der Waals surface area contributed by atoms with E-state index in [1.165, 1.54) is 0 Å². The van der Waals surface area contributed by atoms with Crippen molar-refractivity contribution in [2.75, 3.05) is 6.61 Å². The van der Waals surface area contributed by atoms with Crippen LogP contribution in [0.5, 0.6) is 0 Å². The maximum absolute atomic E-state index is 11.9. The molecule has 0 aliphatic carbocycles. The lowest BCUT2D eigenvalue weighted by Gasteiger charge is -2.37. The number of aliphatic hydroxyl groups excluding tert-OH is 1. The lowest BCUT2D eigenvalue weighted by atomic mass is 9.70. The van der Waals surface area contributed by atoms with E-state index in [4.69, 9.17) is 5.11 Å². The second-order valence-corrected chi connectivity index (χ2v) is 4.33. The summed E-state index contributed by atoms with van der Waals surface area (Å²) in [6.07, 6.45) is 1.40. The maximum atomic E-state index is 11.9. The van der Waals surface area contributed by atoms with E-state index in [2.05, 4.69) is 10.6 Å². The number of carbonyl (C=O) groups is 3. The van der Waals surface area contributed by atoms with E-state index in [-0.39, 0.29) is 12.5 Å². The van der Waals surface area contributed by atoms with Gasteiger partial charge in [-0.2, -0.15) is 0 Å². The highest BCUT2D eigenvalue weighted by molar-refractivity contribution is 6.19. The zero-order chi connectivity index (χ0) is 13.1. The third-order valence-corrected chi connectivity index (χ3v) is 3.46. The van der Waals surface area contributed by atoms with Crippen LogP contribution in [0, 0.1) is 11.3 Å². The van der Waals surface area contributed by atoms with Crippen molar-refractivity contribution in [3.8, 4) is 0 Å². The van der Waals surface area contributed by atoms with Crippen molar-refractivity contribution in [1.82, 2.24) is 10.6 Å². The summed E-state index contributed by atoms with van der Waals surface area (Å²) < 4.78 is 0. The predicted octanol–water partition coefficient (Wildman–Crippen LogP) is 0.157. The molecule has 17 heavy (non-hydrogen) atoms. The lowest BCUT2D eigenvalue weighted by molar-refractivity contribution is -0.148. The highest BCUT2D eigenvalue weighted by Crippen LogP contribution is 2.36. The number of amides is 4. The molecule has 0 spiro atoms. The smallest absolute Gasteiger partial charge is 0.328 e. The molecule has 6 nitrogen and oxygen atoms in total. The highest BCUT2D eigenvalue weighted by Gasteiger charge is 2.52. The molecular weight excluding hydrogens is 224 g/mol. The number of aliphatic hydroxyl groups is 1. The number of urea groups is 1. The van der Waals surface area contributed by atoms with Crippen LogP contribution < -0.4 is 10.6 Å². The highest BCUT2D eigenvalue weighted by atomic mass is 16.3. The van der Waals surface area contributed by atoms with Gasteiger partial charge in [0, 0.05) is 6.61 Å². The number of nitrogens with one attached hydrogen (secondary N) is 2. The summed E-state index contributed by atoms with van der Waals surface area (Å²) in [4.78, 5) is 34.9. The van der Waals surface area contributed by atoms with E-state index in [1.54, 1.807) is 13.8 Å². The molecule has 1 aliphatic heterocycles. The van der Waals surface area contributed by atoms with Crippen LogP contribution in [0.15, 0.2) is 0 Å². The van der Waals surface area contributed by atoms with Crippen molar-refractivity contribution in [2.45, 2.75) is 33.1 Å². The molecule has 1 aliphatic rings. The third kappa shape index (κ3) is 2.31. The summed E-state index contributed by atoms with van der Waals surface area (Å²) in [6.45, 7) is 3.55. The van der Waals surface area contributed by atoms with Gasteiger partial charge in [-0.25, -0.2) is 4.79 Å². The van der Waals surface area contributed by atoms with Gasteiger partial charge in [0.25, 0.3) is 0 Å². The van der Waals surface area contributed by atoms with E-state index in [1.807, 2.05) is 0 Å². The molecule has 3 N–H and O–H groups in total. The molecule has 0 saturated carbocycles. The summed E-state index contributed by atoms with van der Waals surface area (Å²) in [5.74, 6) is -1.31. The maximum Gasteiger partial charge on any atom is 0.328 e. The Bertz CT molecular complexity index is 320. The van der Waals surface area contributed by atoms with Crippen LogP contribution in [-0.4, -0.2) is 29.6 Å². The molecule has 96 valence electrons. The molecule has 1 fully saturated rings. The second kappa shape index (κ2) is 5.27. The first kappa shape index (κ1) is 13.6. The van der Waals surface area contributed by atoms with Gasteiger partial charge in [0.05, 0.1) is 0 Å². The van der Waals surface area contributed by atoms with E-state index >= 15 is 0 Å². The predicted molar refractivity (Wildman–Crippen MR) is 59.9 cm³/mol. The fourth-order valence-corrected chi connectivity index (χ4v) is 2.32. The SMILES string of the molecule is CCC1(C(C)CCCO)C(=O)NC(=O)NC1=O. The zero-order valence-electron chi connectivity index (χ0n) is 10.1. The molecule has 6 heteroatoms. The Morgan fingerprint density at radius 2 is 1.76 bits per heavy atom. The average molecular weight is 242 g/mol. The van der Waals surface area contributed by atoms with E-state index in [9.17, 15) is 14.4 Å². The molecule has 1 unspecified atom stereocenters. The summed E-state index contributed by atoms with van der Waals surface area (Å²) >= 11 is 0. The minimum atomic E-state index is -1.21. The summed E-state index contributed by atoms with van der Waals surface area (Å²) in [7, 11) is 0. The summed E-state index contributed by atoms with van der Waals surface area (Å²) in [6, 6.07) is -0.765. The first-order valence-electron chi connectivity index (χ1n) is 5.76. The monoisotopic (exact) mass is 242 g/mol. The third-order valence-electron chi connectivity index (χ3n) is 3.46. The molecule has 1 atom stereocenters. The first-order valence-corrected chi connectivity index (χ1v) is 5.76. The molecular formula is C11H18N2O4. The number of imide groups is 2. The van der Waals surface area contributed by atoms with Gasteiger partial charge >= 0.3 is 6.03 Å². The normalized spacial score (nSPS) is 20.8. The topological polar surface area (TPSA) is 95.5 Å². The van der Waals surface area contributed by atoms with E-state index in [0.717, 1.165) is 0 Å². The van der Waals surface area contributed by atoms with Gasteiger partial charge in [0.15, 0.2) is 0 Å². The molecule has 0 radical (unpaired) electrons. The second-order valence-electron chi connectivity index (χ2n) is 4.33. The Morgan fingerprint density at radius 1 is 1.24 bits per heavy atom. The zero-order valence-corrected chi connectivity index (χ0v) is 10.1. The molecule has 4 amide bonds. The number of carbonyl (C=O) groups excluding carboxylic acids is 3. The van der Waals surface area contributed by atoms with Gasteiger partial charge in [-0.15, -0.1) is 0 Å². The van der Waals surface area contributed by atoms with Crippen LogP contribution in [0.1, 0.15) is 33.1 Å². The number of hydrogen-bond acceptors (Lipinski definition) is 4. The Balaban J connectivity index is 2.96. The van der Waals surface area contributed by atoms with Gasteiger partial charge < -0.3 is 5.11 Å². The van der Waals surface area contributed by atoms with Crippen molar-refractivity contribution >= 4 is 17.8 Å². The Labute approximate surface area is 99.8 Å². The van der Waals surface area contributed by atoms with Crippen molar-refractivity contribution in [3.63, 3.8) is 0 Å².